The smallest absolute Gasteiger partial charge is 0.315 e. The molecule has 3 aliphatic rings. The fourth-order valence-electron chi connectivity index (χ4n) is 6.41. The fourth-order valence-corrected chi connectivity index (χ4v) is 6.41. The van der Waals surface area contributed by atoms with Gasteiger partial charge in [-0.3, -0.25) is 4.79 Å². The lowest BCUT2D eigenvalue weighted by Gasteiger charge is -2.67. The molecule has 0 saturated heterocycles. The van der Waals surface area contributed by atoms with E-state index in [1.165, 1.54) is 6.92 Å². The molecule has 3 fully saturated rings. The summed E-state index contributed by atoms with van der Waals surface area (Å²) in [4.78, 5) is 12.1. The van der Waals surface area contributed by atoms with Gasteiger partial charge in [-0.15, -0.1) is 6.58 Å². The number of hydrogen-bond acceptors (Lipinski definition) is 4. The molecule has 0 spiro atoms. The Labute approximate surface area is 149 Å². The summed E-state index contributed by atoms with van der Waals surface area (Å²) >= 11 is 0. The first-order valence-electron chi connectivity index (χ1n) is 9.17. The molecular weight excluding hydrogens is 320 g/mol. The van der Waals surface area contributed by atoms with E-state index in [1.807, 2.05) is 13.0 Å². The second kappa shape index (κ2) is 5.66. The normalized spacial score (nSPS) is 52.8. The van der Waals surface area contributed by atoms with E-state index in [-0.39, 0.29) is 17.8 Å². The summed E-state index contributed by atoms with van der Waals surface area (Å²) in [6.45, 7) is 11.4. The lowest BCUT2D eigenvalue weighted by atomic mass is 9.39. The zero-order valence-corrected chi connectivity index (χ0v) is 15.1. The van der Waals surface area contributed by atoms with Crippen molar-refractivity contribution in [3.8, 4) is 0 Å². The Morgan fingerprint density at radius 1 is 1.24 bits per heavy atom. The minimum Gasteiger partial charge on any atom is -0.481 e. The molecule has 3 aliphatic carbocycles. The monoisotopic (exact) mass is 350 g/mol. The molecule has 0 aromatic heterocycles. The van der Waals surface area contributed by atoms with Gasteiger partial charge in [0.1, 0.15) is 11.0 Å². The third-order valence-electron chi connectivity index (χ3n) is 7.99. The number of hydrogen-bond donors (Lipinski definition) is 4. The number of rotatable bonds is 2. The van der Waals surface area contributed by atoms with Gasteiger partial charge < -0.3 is 20.4 Å². The minimum absolute atomic E-state index is 0.0561. The van der Waals surface area contributed by atoms with Crippen LogP contribution in [0.3, 0.4) is 0 Å². The van der Waals surface area contributed by atoms with Crippen molar-refractivity contribution in [1.82, 2.24) is 0 Å². The van der Waals surface area contributed by atoms with Gasteiger partial charge in [-0.2, -0.15) is 0 Å². The number of allylic oxidation sites excluding steroid dienone is 2. The van der Waals surface area contributed by atoms with Crippen molar-refractivity contribution in [3.63, 3.8) is 0 Å². The SMILES string of the molecule is C=C[C@H]1C(=C)CC[C@H]2[C@H]1C[C@@H](O)[C@@]1(O)[C@@](C)(C(=O)O)[C@H](O)CC[C@]21C. The van der Waals surface area contributed by atoms with E-state index in [2.05, 4.69) is 13.2 Å². The molecule has 0 bridgehead atoms. The summed E-state index contributed by atoms with van der Waals surface area (Å²) in [5, 5.41) is 43.1. The summed E-state index contributed by atoms with van der Waals surface area (Å²) in [6, 6.07) is 0. The van der Waals surface area contributed by atoms with Gasteiger partial charge >= 0.3 is 5.97 Å². The van der Waals surface area contributed by atoms with Crippen molar-refractivity contribution >= 4 is 5.97 Å². The van der Waals surface area contributed by atoms with Crippen molar-refractivity contribution in [3.05, 3.63) is 24.8 Å². The van der Waals surface area contributed by atoms with Gasteiger partial charge in [-0.25, -0.2) is 0 Å². The van der Waals surface area contributed by atoms with Crippen molar-refractivity contribution < 1.29 is 25.2 Å². The summed E-state index contributed by atoms with van der Waals surface area (Å²) < 4.78 is 0. The van der Waals surface area contributed by atoms with Crippen LogP contribution < -0.4 is 0 Å². The standard InChI is InChI=1S/C20H30O5/c1-5-12-11(2)6-7-14-13(12)10-16(22)20(25)18(14,3)9-8-15(21)19(20,4)17(23)24/h5,12-16,21-22,25H,1-2,6-10H2,3-4H3,(H,23,24)/t12-,13-,14-,15+,16+,18+,19+,20-/m0/s1. The molecule has 3 rings (SSSR count). The van der Waals surface area contributed by atoms with Gasteiger partial charge in [-0.05, 0) is 50.9 Å². The Kier molecular flexibility index (Phi) is 4.22. The van der Waals surface area contributed by atoms with Crippen LogP contribution in [0, 0.1) is 28.6 Å². The number of aliphatic hydroxyl groups is 3. The maximum absolute atomic E-state index is 12.1. The number of carboxylic acid groups (broad SMARTS) is 1. The molecule has 0 aromatic rings. The van der Waals surface area contributed by atoms with Crippen molar-refractivity contribution in [1.29, 1.82) is 0 Å². The summed E-state index contributed by atoms with van der Waals surface area (Å²) in [5.41, 5.74) is -3.38. The largest absolute Gasteiger partial charge is 0.481 e. The highest BCUT2D eigenvalue weighted by Gasteiger charge is 2.74. The van der Waals surface area contributed by atoms with Gasteiger partial charge in [-0.1, -0.05) is 25.2 Å². The topological polar surface area (TPSA) is 98.0 Å². The Bertz CT molecular complexity index is 615. The van der Waals surface area contributed by atoms with Gasteiger partial charge in [0, 0.05) is 11.3 Å². The highest BCUT2D eigenvalue weighted by molar-refractivity contribution is 5.77. The molecular formula is C20H30O5. The average Bonchev–Trinajstić information content (AvgIpc) is 2.55. The van der Waals surface area contributed by atoms with Gasteiger partial charge in [0.05, 0.1) is 12.2 Å². The van der Waals surface area contributed by atoms with Crippen LogP contribution in [-0.4, -0.2) is 44.2 Å². The number of carbonyl (C=O) groups is 1. The molecule has 0 aromatic carbocycles. The fraction of sp³-hybridized carbons (Fsp3) is 0.750. The predicted molar refractivity (Wildman–Crippen MR) is 93.7 cm³/mol. The van der Waals surface area contributed by atoms with E-state index in [4.69, 9.17) is 0 Å². The summed E-state index contributed by atoms with van der Waals surface area (Å²) in [5.74, 6) is -1.04. The van der Waals surface area contributed by atoms with E-state index < -0.39 is 34.6 Å². The van der Waals surface area contributed by atoms with Crippen LogP contribution in [0.5, 0.6) is 0 Å². The summed E-state index contributed by atoms with van der Waals surface area (Å²) in [7, 11) is 0. The first-order chi connectivity index (χ1) is 11.6. The molecule has 4 N–H and O–H groups in total. The van der Waals surface area contributed by atoms with Gasteiger partial charge in [0.15, 0.2) is 0 Å². The average molecular weight is 350 g/mol. The lowest BCUT2D eigenvalue weighted by molar-refractivity contribution is -0.309. The Morgan fingerprint density at radius 2 is 1.88 bits per heavy atom. The second-order valence-electron chi connectivity index (χ2n) is 8.73. The van der Waals surface area contributed by atoms with E-state index in [0.29, 0.717) is 19.3 Å². The highest BCUT2D eigenvalue weighted by atomic mass is 16.4. The van der Waals surface area contributed by atoms with Crippen LogP contribution in [-0.2, 0) is 4.79 Å². The third-order valence-corrected chi connectivity index (χ3v) is 7.99. The molecule has 0 heterocycles. The zero-order chi connectivity index (χ0) is 18.8. The van der Waals surface area contributed by atoms with Crippen molar-refractivity contribution in [2.24, 2.45) is 28.6 Å². The molecule has 8 atom stereocenters. The van der Waals surface area contributed by atoms with Crippen molar-refractivity contribution in [2.45, 2.75) is 63.8 Å². The highest BCUT2D eigenvalue weighted by Crippen LogP contribution is 2.67. The van der Waals surface area contributed by atoms with E-state index in [0.717, 1.165) is 18.4 Å². The zero-order valence-electron chi connectivity index (χ0n) is 15.1. The van der Waals surface area contributed by atoms with E-state index in [9.17, 15) is 25.2 Å². The Balaban J connectivity index is 2.15. The Hall–Kier alpha value is -1.17. The molecule has 0 aliphatic heterocycles. The third kappa shape index (κ3) is 2.03. The molecule has 0 amide bonds. The van der Waals surface area contributed by atoms with Crippen LogP contribution in [0.15, 0.2) is 24.8 Å². The van der Waals surface area contributed by atoms with Crippen LogP contribution >= 0.6 is 0 Å². The first kappa shape index (κ1) is 18.6. The number of fused-ring (bicyclic) bond motifs is 3. The molecule has 0 unspecified atom stereocenters. The molecule has 140 valence electrons. The molecule has 5 heteroatoms. The molecule has 0 radical (unpaired) electrons. The first-order valence-corrected chi connectivity index (χ1v) is 9.17. The summed E-state index contributed by atoms with van der Waals surface area (Å²) in [6.07, 6.45) is 2.16. The second-order valence-corrected chi connectivity index (χ2v) is 8.73. The van der Waals surface area contributed by atoms with Gasteiger partial charge in [0.25, 0.3) is 0 Å². The Morgan fingerprint density at radius 3 is 2.44 bits per heavy atom. The van der Waals surface area contributed by atoms with Crippen LogP contribution in [0.4, 0.5) is 0 Å². The quantitative estimate of drug-likeness (QED) is 0.572. The van der Waals surface area contributed by atoms with Crippen LogP contribution in [0.1, 0.15) is 46.0 Å². The predicted octanol–water partition coefficient (Wildman–Crippen LogP) is 2.12. The number of aliphatic carboxylic acids is 1. The maximum Gasteiger partial charge on any atom is 0.315 e. The molecule has 3 saturated carbocycles. The molecule has 25 heavy (non-hydrogen) atoms. The number of carboxylic acids is 1. The minimum atomic E-state index is -1.88. The van der Waals surface area contributed by atoms with E-state index >= 15 is 0 Å². The van der Waals surface area contributed by atoms with Crippen LogP contribution in [0.25, 0.3) is 0 Å². The van der Waals surface area contributed by atoms with Crippen LogP contribution in [0.2, 0.25) is 0 Å². The van der Waals surface area contributed by atoms with Gasteiger partial charge in [0.2, 0.25) is 0 Å². The maximum atomic E-state index is 12.1. The van der Waals surface area contributed by atoms with E-state index in [1.54, 1.807) is 0 Å². The lowest BCUT2D eigenvalue weighted by Crippen LogP contribution is -2.77. The number of aliphatic hydroxyl groups excluding tert-OH is 2. The van der Waals surface area contributed by atoms with Crippen molar-refractivity contribution in [2.75, 3.05) is 0 Å². The molecule has 5 nitrogen and oxygen atoms in total.